The van der Waals surface area contributed by atoms with Crippen molar-refractivity contribution in [2.24, 2.45) is 11.8 Å². The molecular formula is C29H49NO4. The predicted octanol–water partition coefficient (Wildman–Crippen LogP) is 6.53. The number of nitrogens with zero attached hydrogens (tertiary/aromatic N) is 1. The topological polar surface area (TPSA) is 81.0 Å². The average molecular weight is 476 g/mol. The van der Waals surface area contributed by atoms with Gasteiger partial charge < -0.3 is 20.2 Å². The van der Waals surface area contributed by atoms with Crippen LogP contribution in [0.4, 0.5) is 0 Å². The second kappa shape index (κ2) is 15.5. The van der Waals surface area contributed by atoms with Crippen molar-refractivity contribution in [3.05, 3.63) is 65.2 Å². The van der Waals surface area contributed by atoms with Crippen molar-refractivity contribution in [1.82, 2.24) is 4.90 Å². The molecule has 0 heterocycles. The van der Waals surface area contributed by atoms with Gasteiger partial charge in [0.1, 0.15) is 5.75 Å². The lowest BCUT2D eigenvalue weighted by atomic mass is 9.80. The molecular weight excluding hydrogens is 426 g/mol. The molecule has 0 aromatic heterocycles. The van der Waals surface area contributed by atoms with E-state index in [1.165, 1.54) is 5.56 Å². The molecule has 0 fully saturated rings. The van der Waals surface area contributed by atoms with Gasteiger partial charge in [0, 0.05) is 12.5 Å². The number of aromatic hydroxyl groups is 1. The first-order chi connectivity index (χ1) is 14.9. The van der Waals surface area contributed by atoms with Crippen LogP contribution in [-0.4, -0.2) is 46.8 Å². The molecule has 0 radical (unpaired) electrons. The normalized spacial score (nSPS) is 14.1. The van der Waals surface area contributed by atoms with Gasteiger partial charge in [0.2, 0.25) is 0 Å². The van der Waals surface area contributed by atoms with E-state index in [4.69, 9.17) is 5.11 Å². The Morgan fingerprint density at radius 2 is 1.56 bits per heavy atom. The van der Waals surface area contributed by atoms with E-state index in [0.29, 0.717) is 12.3 Å². The maximum atomic E-state index is 10.8. The standard InChI is InChI=1S/C14H23NO2.C13H18O2.2CH4/c1-5-14(17,11(2)10-15(3)4)12-7-6-8-13(16)9-12;1-9(2)8-11-4-6-12(7-5-11)10(3)13(14)15;;/h6-9,11,16-17H,5,10H2,1-4H3;4-7,9-10H,8H2,1-3H3,(H,14,15);2*1H4/t11-,14-;10-;;/m11../s1. The Balaban J connectivity index is 0. The molecule has 0 aliphatic heterocycles. The summed E-state index contributed by atoms with van der Waals surface area (Å²) in [5.41, 5.74) is 2.04. The second-order valence-electron chi connectivity index (χ2n) is 9.39. The molecule has 0 unspecified atom stereocenters. The second-order valence-corrected chi connectivity index (χ2v) is 9.39. The maximum Gasteiger partial charge on any atom is 0.310 e. The number of hydrogen-bond acceptors (Lipinski definition) is 4. The number of hydrogen-bond donors (Lipinski definition) is 3. The Kier molecular flexibility index (Phi) is 15.4. The summed E-state index contributed by atoms with van der Waals surface area (Å²) in [6.45, 7) is 10.9. The van der Waals surface area contributed by atoms with Gasteiger partial charge in [-0.25, -0.2) is 0 Å². The number of rotatable bonds is 9. The summed E-state index contributed by atoms with van der Waals surface area (Å²) >= 11 is 0. The van der Waals surface area contributed by atoms with Crippen molar-refractivity contribution in [3.63, 3.8) is 0 Å². The number of aliphatic carboxylic acids is 1. The summed E-state index contributed by atoms with van der Waals surface area (Å²) in [4.78, 5) is 12.8. The summed E-state index contributed by atoms with van der Waals surface area (Å²) in [6.07, 6.45) is 1.67. The van der Waals surface area contributed by atoms with Crippen LogP contribution >= 0.6 is 0 Å². The smallest absolute Gasteiger partial charge is 0.310 e. The van der Waals surface area contributed by atoms with Crippen LogP contribution in [0.15, 0.2) is 48.5 Å². The van der Waals surface area contributed by atoms with E-state index >= 15 is 0 Å². The van der Waals surface area contributed by atoms with E-state index in [1.807, 2.05) is 58.3 Å². The van der Waals surface area contributed by atoms with Gasteiger partial charge in [-0.3, -0.25) is 4.79 Å². The zero-order valence-corrected chi connectivity index (χ0v) is 20.7. The Morgan fingerprint density at radius 1 is 1.00 bits per heavy atom. The first kappa shape index (κ1) is 33.8. The quantitative estimate of drug-likeness (QED) is 0.384. The van der Waals surface area contributed by atoms with Crippen molar-refractivity contribution in [3.8, 4) is 5.75 Å². The molecule has 0 saturated carbocycles. The fraction of sp³-hybridized carbons (Fsp3) is 0.552. The van der Waals surface area contributed by atoms with Crippen LogP contribution in [0, 0.1) is 11.8 Å². The summed E-state index contributed by atoms with van der Waals surface area (Å²) in [7, 11) is 3.99. The molecule has 194 valence electrons. The van der Waals surface area contributed by atoms with Crippen LogP contribution in [0.25, 0.3) is 0 Å². The Labute approximate surface area is 208 Å². The summed E-state index contributed by atoms with van der Waals surface area (Å²) in [5, 5.41) is 29.2. The van der Waals surface area contributed by atoms with Gasteiger partial charge in [-0.15, -0.1) is 0 Å². The molecule has 0 saturated heterocycles. The number of carboxylic acids is 1. The number of carbonyl (C=O) groups is 1. The van der Waals surface area contributed by atoms with E-state index < -0.39 is 17.5 Å². The molecule has 5 heteroatoms. The van der Waals surface area contributed by atoms with Crippen LogP contribution in [-0.2, 0) is 16.8 Å². The highest BCUT2D eigenvalue weighted by Crippen LogP contribution is 2.34. The third kappa shape index (κ3) is 10.3. The minimum absolute atomic E-state index is 0. The van der Waals surface area contributed by atoms with Crippen molar-refractivity contribution >= 4 is 5.97 Å². The van der Waals surface area contributed by atoms with Gasteiger partial charge in [-0.05, 0) is 68.6 Å². The van der Waals surface area contributed by atoms with Crippen LogP contribution in [0.5, 0.6) is 5.75 Å². The highest BCUT2D eigenvalue weighted by Gasteiger charge is 2.34. The lowest BCUT2D eigenvalue weighted by molar-refractivity contribution is -0.138. The fourth-order valence-electron chi connectivity index (χ4n) is 3.87. The van der Waals surface area contributed by atoms with Crippen molar-refractivity contribution in [2.75, 3.05) is 20.6 Å². The lowest BCUT2D eigenvalue weighted by Gasteiger charge is -2.35. The highest BCUT2D eigenvalue weighted by atomic mass is 16.4. The molecule has 2 aromatic carbocycles. The minimum Gasteiger partial charge on any atom is -0.508 e. The van der Waals surface area contributed by atoms with Gasteiger partial charge in [-0.2, -0.15) is 0 Å². The van der Waals surface area contributed by atoms with Crippen LogP contribution in [0.1, 0.15) is 78.5 Å². The molecule has 5 nitrogen and oxygen atoms in total. The molecule has 2 rings (SSSR count). The fourth-order valence-corrected chi connectivity index (χ4v) is 3.87. The summed E-state index contributed by atoms with van der Waals surface area (Å²) in [6, 6.07) is 14.8. The van der Waals surface area contributed by atoms with E-state index in [9.17, 15) is 15.0 Å². The van der Waals surface area contributed by atoms with E-state index in [0.717, 1.165) is 24.1 Å². The average Bonchev–Trinajstić information content (AvgIpc) is 2.72. The largest absolute Gasteiger partial charge is 0.508 e. The first-order valence-electron chi connectivity index (χ1n) is 11.4. The van der Waals surface area contributed by atoms with Gasteiger partial charge in [0.25, 0.3) is 0 Å². The van der Waals surface area contributed by atoms with Gasteiger partial charge >= 0.3 is 5.97 Å². The minimum atomic E-state index is -0.886. The number of carboxylic acid groups (broad SMARTS) is 1. The first-order valence-corrected chi connectivity index (χ1v) is 11.4. The number of phenols is 1. The lowest BCUT2D eigenvalue weighted by Crippen LogP contribution is -2.38. The molecule has 0 amide bonds. The van der Waals surface area contributed by atoms with E-state index in [1.54, 1.807) is 25.1 Å². The molecule has 3 N–H and O–H groups in total. The Bertz CT molecular complexity index is 832. The predicted molar refractivity (Wildman–Crippen MR) is 145 cm³/mol. The number of aliphatic hydroxyl groups is 1. The molecule has 3 atom stereocenters. The van der Waals surface area contributed by atoms with E-state index in [2.05, 4.69) is 18.7 Å². The van der Waals surface area contributed by atoms with Crippen LogP contribution in [0.3, 0.4) is 0 Å². The maximum absolute atomic E-state index is 10.8. The molecule has 0 spiro atoms. The zero-order chi connectivity index (χ0) is 24.5. The molecule has 34 heavy (non-hydrogen) atoms. The van der Waals surface area contributed by atoms with E-state index in [-0.39, 0.29) is 26.5 Å². The monoisotopic (exact) mass is 475 g/mol. The summed E-state index contributed by atoms with van der Waals surface area (Å²) in [5.74, 6) is -0.256. The third-order valence-corrected chi connectivity index (χ3v) is 5.83. The zero-order valence-electron chi connectivity index (χ0n) is 20.7. The number of phenolic OH excluding ortho intramolecular Hbond substituents is 1. The van der Waals surface area contributed by atoms with Crippen molar-refractivity contribution in [1.29, 1.82) is 0 Å². The third-order valence-electron chi connectivity index (χ3n) is 5.83. The van der Waals surface area contributed by atoms with Crippen molar-refractivity contribution < 1.29 is 20.1 Å². The van der Waals surface area contributed by atoms with Crippen LogP contribution in [0.2, 0.25) is 0 Å². The van der Waals surface area contributed by atoms with Gasteiger partial charge in [-0.1, -0.05) is 78.9 Å². The molecule has 0 aliphatic carbocycles. The molecule has 0 bridgehead atoms. The van der Waals surface area contributed by atoms with Crippen molar-refractivity contribution in [2.45, 2.75) is 73.8 Å². The molecule has 2 aromatic rings. The van der Waals surface area contributed by atoms with Gasteiger partial charge in [0.05, 0.1) is 11.5 Å². The number of benzene rings is 2. The SMILES string of the molecule is C.C.CC(C)Cc1ccc([C@@H](C)C(=O)O)cc1.CC[C@](O)(c1cccc(O)c1)[C@H](C)CN(C)C. The van der Waals surface area contributed by atoms with Gasteiger partial charge in [0.15, 0.2) is 0 Å². The molecule has 0 aliphatic rings. The highest BCUT2D eigenvalue weighted by molar-refractivity contribution is 5.75. The Hall–Kier alpha value is -2.37. The Morgan fingerprint density at radius 3 is 1.97 bits per heavy atom. The van der Waals surface area contributed by atoms with Crippen LogP contribution < -0.4 is 0 Å². The summed E-state index contributed by atoms with van der Waals surface area (Å²) < 4.78 is 0.